The first-order chi connectivity index (χ1) is 21.4. The minimum Gasteiger partial charge on any atom is -0.370 e. The molecule has 0 atom stereocenters. The van der Waals surface area contributed by atoms with Crippen LogP contribution in [0.3, 0.4) is 0 Å². The smallest absolute Gasteiger partial charge is 0.370 e. The number of carbonyl (C=O) groups is 1. The standard InChI is InChI=1S/C30H30F5N7O3/c1-17-2-3-18(26-38-28(45-39-26)19-8-21(9-19)44-30(33,34)35)10-23(17)37-27(43)22-12-36-42-6-4-20(11-24(22)42)41-15-29(16-41)5-7-40(14-29)13-25(31)32/h2-4,6,10-12,19,21,25H,5,7-9,13-16H2,1H3,(H,37,43). The fourth-order valence-corrected chi connectivity index (χ4v) is 6.58. The summed E-state index contributed by atoms with van der Waals surface area (Å²) in [5.74, 6) is -0.177. The van der Waals surface area contributed by atoms with E-state index in [2.05, 4.69) is 30.2 Å². The number of alkyl halides is 5. The molecule has 0 radical (unpaired) electrons. The van der Waals surface area contributed by atoms with Gasteiger partial charge in [0.1, 0.15) is 0 Å². The lowest BCUT2D eigenvalue weighted by molar-refractivity contribution is -0.352. The number of carbonyl (C=O) groups excluding carboxylic acids is 1. The quantitative estimate of drug-likeness (QED) is 0.255. The Morgan fingerprint density at radius 1 is 1.18 bits per heavy atom. The number of nitrogens with one attached hydrogen (secondary N) is 1. The van der Waals surface area contributed by atoms with Crippen molar-refractivity contribution < 1.29 is 36.0 Å². The zero-order valence-electron chi connectivity index (χ0n) is 24.2. The van der Waals surface area contributed by atoms with Crippen LogP contribution in [0.15, 0.2) is 47.2 Å². The van der Waals surface area contributed by atoms with Crippen LogP contribution in [-0.2, 0) is 4.74 Å². The lowest BCUT2D eigenvalue weighted by Gasteiger charge is -2.49. The molecule has 1 spiro atoms. The van der Waals surface area contributed by atoms with E-state index in [1.165, 1.54) is 6.20 Å². The van der Waals surface area contributed by atoms with Gasteiger partial charge in [-0.3, -0.25) is 14.4 Å². The first-order valence-electron chi connectivity index (χ1n) is 14.7. The van der Waals surface area contributed by atoms with E-state index < -0.39 is 18.9 Å². The van der Waals surface area contributed by atoms with E-state index in [4.69, 9.17) is 4.52 Å². The van der Waals surface area contributed by atoms with Crippen LogP contribution in [-0.4, -0.2) is 82.2 Å². The summed E-state index contributed by atoms with van der Waals surface area (Å²) in [7, 11) is 0. The summed E-state index contributed by atoms with van der Waals surface area (Å²) in [5, 5.41) is 11.3. The molecule has 238 valence electrons. The maximum Gasteiger partial charge on any atom is 0.522 e. The van der Waals surface area contributed by atoms with Crippen LogP contribution in [0.25, 0.3) is 16.9 Å². The summed E-state index contributed by atoms with van der Waals surface area (Å²) in [6.07, 6.45) is -3.48. The molecule has 1 amide bonds. The van der Waals surface area contributed by atoms with Gasteiger partial charge in [-0.05, 0) is 56.5 Å². The summed E-state index contributed by atoms with van der Waals surface area (Å²) in [4.78, 5) is 21.9. The topological polar surface area (TPSA) is 101 Å². The molecular weight excluding hydrogens is 601 g/mol. The van der Waals surface area contributed by atoms with Crippen LogP contribution in [0.1, 0.15) is 47.0 Å². The maximum absolute atomic E-state index is 13.5. The van der Waals surface area contributed by atoms with Crippen molar-refractivity contribution in [3.63, 3.8) is 0 Å². The number of aromatic nitrogens is 4. The first-order valence-corrected chi connectivity index (χ1v) is 14.7. The largest absolute Gasteiger partial charge is 0.522 e. The van der Waals surface area contributed by atoms with Crippen molar-refractivity contribution in [2.75, 3.05) is 42.9 Å². The van der Waals surface area contributed by atoms with Crippen molar-refractivity contribution in [1.82, 2.24) is 24.7 Å². The van der Waals surface area contributed by atoms with E-state index in [-0.39, 0.29) is 48.3 Å². The molecule has 3 fully saturated rings. The van der Waals surface area contributed by atoms with Gasteiger partial charge in [0.15, 0.2) is 0 Å². The molecule has 15 heteroatoms. The second-order valence-corrected chi connectivity index (χ2v) is 12.3. The Morgan fingerprint density at radius 3 is 2.73 bits per heavy atom. The number of likely N-dealkylation sites (tertiary alicyclic amines) is 1. The number of hydrogen-bond donors (Lipinski definition) is 1. The molecule has 1 N–H and O–H groups in total. The van der Waals surface area contributed by atoms with Gasteiger partial charge in [0.05, 0.1) is 29.9 Å². The van der Waals surface area contributed by atoms with Crippen molar-refractivity contribution in [3.05, 3.63) is 59.7 Å². The molecule has 2 aliphatic heterocycles. The number of pyridine rings is 1. The Morgan fingerprint density at radius 2 is 1.98 bits per heavy atom. The number of hydrogen-bond acceptors (Lipinski definition) is 8. The molecule has 10 nitrogen and oxygen atoms in total. The second-order valence-electron chi connectivity index (χ2n) is 12.3. The minimum absolute atomic E-state index is 0.0192. The number of fused-ring (bicyclic) bond motifs is 1. The van der Waals surface area contributed by atoms with Gasteiger partial charge in [0.25, 0.3) is 12.3 Å². The van der Waals surface area contributed by atoms with Crippen molar-refractivity contribution in [1.29, 1.82) is 0 Å². The van der Waals surface area contributed by atoms with E-state index in [0.29, 0.717) is 35.4 Å². The number of anilines is 2. The molecule has 1 aromatic carbocycles. The summed E-state index contributed by atoms with van der Waals surface area (Å²) >= 11 is 0. The van der Waals surface area contributed by atoms with Crippen molar-refractivity contribution >= 4 is 22.8 Å². The molecule has 4 aromatic rings. The van der Waals surface area contributed by atoms with Gasteiger partial charge in [0, 0.05) is 54.1 Å². The first kappa shape index (κ1) is 29.6. The average Bonchev–Trinajstić information content (AvgIpc) is 3.68. The minimum atomic E-state index is -4.68. The Labute approximate surface area is 254 Å². The predicted molar refractivity (Wildman–Crippen MR) is 152 cm³/mol. The predicted octanol–water partition coefficient (Wildman–Crippen LogP) is 5.50. The lowest BCUT2D eigenvalue weighted by Crippen LogP contribution is -2.57. The molecule has 0 bridgehead atoms. The van der Waals surface area contributed by atoms with Gasteiger partial charge >= 0.3 is 6.36 Å². The van der Waals surface area contributed by atoms with E-state index >= 15 is 0 Å². The molecule has 3 aliphatic rings. The summed E-state index contributed by atoms with van der Waals surface area (Å²) in [6.45, 7) is 4.54. The Balaban J connectivity index is 1.02. The highest BCUT2D eigenvalue weighted by Crippen LogP contribution is 2.43. The van der Waals surface area contributed by atoms with Gasteiger partial charge in [0.2, 0.25) is 11.7 Å². The summed E-state index contributed by atoms with van der Waals surface area (Å²) in [5.41, 5.74) is 3.85. The molecule has 7 rings (SSSR count). The van der Waals surface area contributed by atoms with Crippen molar-refractivity contribution in [2.45, 2.75) is 51.0 Å². The molecule has 0 unspecified atom stereocenters. The SMILES string of the molecule is Cc1ccc(-c2noc(C3CC(OC(F)(F)F)C3)n2)cc1NC(=O)c1cnn2ccc(N3CC4(CCN(CC(F)F)C4)C3)cc12. The Kier molecular flexibility index (Phi) is 7.27. The van der Waals surface area contributed by atoms with Gasteiger partial charge in [-0.2, -0.15) is 10.1 Å². The third kappa shape index (κ3) is 5.98. The van der Waals surface area contributed by atoms with Crippen LogP contribution < -0.4 is 10.2 Å². The van der Waals surface area contributed by atoms with Gasteiger partial charge < -0.3 is 14.7 Å². The van der Waals surface area contributed by atoms with Crippen molar-refractivity contribution in [3.8, 4) is 11.4 Å². The van der Waals surface area contributed by atoms with Gasteiger partial charge in [-0.25, -0.2) is 13.3 Å². The van der Waals surface area contributed by atoms with Crippen LogP contribution in [0.5, 0.6) is 0 Å². The van der Waals surface area contributed by atoms with Crippen molar-refractivity contribution in [2.24, 2.45) is 5.41 Å². The van der Waals surface area contributed by atoms with Gasteiger partial charge in [-0.1, -0.05) is 17.3 Å². The van der Waals surface area contributed by atoms with Crippen LogP contribution in [0.4, 0.5) is 33.3 Å². The molecule has 45 heavy (non-hydrogen) atoms. The Bertz CT molecular complexity index is 1730. The third-order valence-corrected chi connectivity index (χ3v) is 9.01. The summed E-state index contributed by atoms with van der Waals surface area (Å²) in [6, 6.07) is 9.13. The number of ether oxygens (including phenoxy) is 1. The Hall–Kier alpha value is -4.11. The second kappa shape index (κ2) is 11.1. The normalized spacial score (nSPS) is 21.4. The van der Waals surface area contributed by atoms with E-state index in [9.17, 15) is 26.7 Å². The van der Waals surface area contributed by atoms with Crippen LogP contribution in [0, 0.1) is 12.3 Å². The molecular formula is C30H30F5N7O3. The van der Waals surface area contributed by atoms with Crippen LogP contribution in [0.2, 0.25) is 0 Å². The fraction of sp³-hybridized carbons (Fsp3) is 0.467. The number of amides is 1. The third-order valence-electron chi connectivity index (χ3n) is 9.01. The number of nitrogens with zero attached hydrogens (tertiary/aromatic N) is 6. The molecule has 1 saturated carbocycles. The zero-order valence-corrected chi connectivity index (χ0v) is 24.2. The number of aryl methyl sites for hydroxylation is 1. The zero-order chi connectivity index (χ0) is 31.5. The monoisotopic (exact) mass is 631 g/mol. The highest BCUT2D eigenvalue weighted by Gasteiger charge is 2.48. The number of benzene rings is 1. The highest BCUT2D eigenvalue weighted by atomic mass is 19.4. The van der Waals surface area contributed by atoms with E-state index in [1.807, 2.05) is 24.0 Å². The number of rotatable bonds is 8. The fourth-order valence-electron chi connectivity index (χ4n) is 6.58. The number of halogens is 5. The summed E-state index contributed by atoms with van der Waals surface area (Å²) < 4.78 is 74.0. The van der Waals surface area contributed by atoms with Gasteiger partial charge in [-0.15, -0.1) is 13.2 Å². The highest BCUT2D eigenvalue weighted by molar-refractivity contribution is 6.09. The van der Waals surface area contributed by atoms with E-state index in [1.54, 1.807) is 28.9 Å². The average molecular weight is 632 g/mol. The lowest BCUT2D eigenvalue weighted by atomic mass is 9.79. The molecule has 1 aliphatic carbocycles. The maximum atomic E-state index is 13.5. The molecule has 3 aromatic heterocycles. The van der Waals surface area contributed by atoms with Crippen LogP contribution >= 0.6 is 0 Å². The molecule has 5 heterocycles. The van der Waals surface area contributed by atoms with E-state index in [0.717, 1.165) is 30.8 Å². The molecule has 2 saturated heterocycles.